The molecule has 1 N–H and O–H groups in total. The second kappa shape index (κ2) is 6.55. The van der Waals surface area contributed by atoms with Gasteiger partial charge in [0.25, 0.3) is 0 Å². The Morgan fingerprint density at radius 1 is 1.17 bits per heavy atom. The van der Waals surface area contributed by atoms with Crippen LogP contribution < -0.4 is 0 Å². The number of nitrogens with zero attached hydrogens (tertiary/aromatic N) is 2. The highest BCUT2D eigenvalue weighted by molar-refractivity contribution is 5.32. The number of hydrogen-bond acceptors (Lipinski definition) is 3. The molecule has 2 rings (SSSR count). The summed E-state index contributed by atoms with van der Waals surface area (Å²) in [7, 11) is 0. The van der Waals surface area contributed by atoms with Gasteiger partial charge in [0.2, 0.25) is 0 Å². The Balaban J connectivity index is 2.61. The van der Waals surface area contributed by atoms with E-state index in [0.717, 1.165) is 11.8 Å². The predicted octanol–water partition coefficient (Wildman–Crippen LogP) is 4.49. The van der Waals surface area contributed by atoms with Crippen molar-refractivity contribution in [2.24, 2.45) is 5.41 Å². The zero-order valence-electron chi connectivity index (χ0n) is 14.8. The fraction of sp³-hybridized carbons (Fsp3) is 0.474. The Hall–Kier alpha value is -1.88. The molecule has 0 radical (unpaired) electrons. The van der Waals surface area contributed by atoms with E-state index in [9.17, 15) is 13.9 Å². The van der Waals surface area contributed by atoms with Crippen molar-refractivity contribution < 1.29 is 13.9 Å². The van der Waals surface area contributed by atoms with E-state index in [0.29, 0.717) is 0 Å². The summed E-state index contributed by atoms with van der Waals surface area (Å²) in [6, 6.07) is 4.70. The molecule has 5 heteroatoms. The number of aryl methyl sites for hydroxylation is 1. The molecule has 0 bridgehead atoms. The highest BCUT2D eigenvalue weighted by Gasteiger charge is 2.43. The van der Waals surface area contributed by atoms with Crippen LogP contribution >= 0.6 is 0 Å². The third-order valence-electron chi connectivity index (χ3n) is 4.21. The van der Waals surface area contributed by atoms with Crippen molar-refractivity contribution in [3.05, 3.63) is 59.2 Å². The minimum Gasteiger partial charge on any atom is -0.384 e. The average Bonchev–Trinajstić information content (AvgIpc) is 2.45. The van der Waals surface area contributed by atoms with Crippen molar-refractivity contribution in [3.8, 4) is 0 Å². The van der Waals surface area contributed by atoms with Gasteiger partial charge in [-0.15, -0.1) is 0 Å². The minimum absolute atomic E-state index is 0.0803. The highest BCUT2D eigenvalue weighted by atomic mass is 19.1. The SMILES string of the molecule is Cc1ccc([C@@](O)(CC(C)(C)C)[C@@H](C)c2ncncc2F)c(F)c1. The Labute approximate surface area is 141 Å². The molecule has 0 unspecified atom stereocenters. The molecule has 0 amide bonds. The molecule has 130 valence electrons. The number of rotatable bonds is 4. The van der Waals surface area contributed by atoms with Crippen LogP contribution in [-0.4, -0.2) is 15.1 Å². The fourth-order valence-corrected chi connectivity index (χ4v) is 3.13. The van der Waals surface area contributed by atoms with E-state index in [2.05, 4.69) is 9.97 Å². The van der Waals surface area contributed by atoms with Crippen LogP contribution in [0, 0.1) is 24.0 Å². The van der Waals surface area contributed by atoms with E-state index in [4.69, 9.17) is 0 Å². The van der Waals surface area contributed by atoms with Crippen LogP contribution in [-0.2, 0) is 5.60 Å². The van der Waals surface area contributed by atoms with Gasteiger partial charge in [-0.2, -0.15) is 0 Å². The summed E-state index contributed by atoms with van der Waals surface area (Å²) in [5.74, 6) is -1.84. The van der Waals surface area contributed by atoms with Gasteiger partial charge in [-0.3, -0.25) is 0 Å². The molecule has 0 aliphatic rings. The second-order valence-corrected chi connectivity index (χ2v) is 7.62. The Kier molecular flexibility index (Phi) is 5.04. The van der Waals surface area contributed by atoms with E-state index < -0.39 is 23.2 Å². The van der Waals surface area contributed by atoms with Crippen molar-refractivity contribution in [2.45, 2.75) is 52.6 Å². The fourth-order valence-electron chi connectivity index (χ4n) is 3.13. The van der Waals surface area contributed by atoms with Crippen LogP contribution in [0.4, 0.5) is 8.78 Å². The van der Waals surface area contributed by atoms with Gasteiger partial charge in [0.1, 0.15) is 17.7 Å². The molecule has 0 aliphatic heterocycles. The lowest BCUT2D eigenvalue weighted by molar-refractivity contribution is -0.0290. The van der Waals surface area contributed by atoms with E-state index in [1.807, 2.05) is 20.8 Å². The summed E-state index contributed by atoms with van der Waals surface area (Å²) in [6.07, 6.45) is 2.55. The number of aromatic nitrogens is 2. The second-order valence-electron chi connectivity index (χ2n) is 7.62. The van der Waals surface area contributed by atoms with Gasteiger partial charge in [0.15, 0.2) is 5.82 Å². The van der Waals surface area contributed by atoms with Crippen LogP contribution in [0.1, 0.15) is 56.9 Å². The molecule has 0 saturated heterocycles. The van der Waals surface area contributed by atoms with Gasteiger partial charge in [0.05, 0.1) is 11.9 Å². The maximum Gasteiger partial charge on any atom is 0.163 e. The summed E-state index contributed by atoms with van der Waals surface area (Å²) in [6.45, 7) is 9.30. The molecule has 0 saturated carbocycles. The van der Waals surface area contributed by atoms with E-state index in [-0.39, 0.29) is 23.1 Å². The molecule has 0 spiro atoms. The van der Waals surface area contributed by atoms with Crippen molar-refractivity contribution in [1.82, 2.24) is 9.97 Å². The number of aliphatic hydroxyl groups is 1. The molecular formula is C19H24F2N2O. The van der Waals surface area contributed by atoms with Crippen molar-refractivity contribution in [1.29, 1.82) is 0 Å². The van der Waals surface area contributed by atoms with Crippen LogP contribution in [0.5, 0.6) is 0 Å². The lowest BCUT2D eigenvalue weighted by Crippen LogP contribution is -2.38. The van der Waals surface area contributed by atoms with Crippen LogP contribution in [0.25, 0.3) is 0 Å². The molecule has 3 nitrogen and oxygen atoms in total. The van der Waals surface area contributed by atoms with E-state index in [1.54, 1.807) is 26.0 Å². The zero-order valence-corrected chi connectivity index (χ0v) is 14.8. The van der Waals surface area contributed by atoms with Gasteiger partial charge in [-0.25, -0.2) is 18.7 Å². The average molecular weight is 334 g/mol. The number of hydrogen-bond donors (Lipinski definition) is 1. The molecule has 2 aromatic rings. The first-order valence-electron chi connectivity index (χ1n) is 7.99. The topological polar surface area (TPSA) is 46.0 Å². The monoisotopic (exact) mass is 334 g/mol. The van der Waals surface area contributed by atoms with Crippen molar-refractivity contribution >= 4 is 0 Å². The first-order chi connectivity index (χ1) is 11.0. The lowest BCUT2D eigenvalue weighted by atomic mass is 9.70. The van der Waals surface area contributed by atoms with Gasteiger partial charge < -0.3 is 5.11 Å². The van der Waals surface area contributed by atoms with Gasteiger partial charge in [-0.05, 0) is 30.4 Å². The van der Waals surface area contributed by atoms with E-state index in [1.165, 1.54) is 12.4 Å². The summed E-state index contributed by atoms with van der Waals surface area (Å²) >= 11 is 0. The zero-order chi connectivity index (χ0) is 18.1. The molecule has 2 atom stereocenters. The minimum atomic E-state index is -1.59. The predicted molar refractivity (Wildman–Crippen MR) is 89.5 cm³/mol. The van der Waals surface area contributed by atoms with Crippen LogP contribution in [0.2, 0.25) is 0 Å². The standard InChI is InChI=1S/C19H24F2N2O/c1-12-6-7-14(15(20)8-12)19(24,10-18(3,4)5)13(2)17-16(21)9-22-11-23-17/h6-9,11,13,24H,10H2,1-5H3/t13-,19+/m0/s1. The van der Waals surface area contributed by atoms with Gasteiger partial charge in [-0.1, -0.05) is 39.8 Å². The lowest BCUT2D eigenvalue weighted by Gasteiger charge is -2.39. The summed E-state index contributed by atoms with van der Waals surface area (Å²) in [5.41, 5.74) is -0.893. The van der Waals surface area contributed by atoms with Crippen LogP contribution in [0.15, 0.2) is 30.7 Å². The largest absolute Gasteiger partial charge is 0.384 e. The summed E-state index contributed by atoms with van der Waals surface area (Å²) in [4.78, 5) is 7.62. The Bertz CT molecular complexity index is 728. The maximum absolute atomic E-state index is 14.6. The molecule has 1 heterocycles. The third-order valence-corrected chi connectivity index (χ3v) is 4.21. The molecule has 0 fully saturated rings. The highest BCUT2D eigenvalue weighted by Crippen LogP contribution is 2.45. The molecule has 0 aliphatic carbocycles. The summed E-state index contributed by atoms with van der Waals surface area (Å²) < 4.78 is 28.8. The van der Waals surface area contributed by atoms with E-state index >= 15 is 0 Å². The smallest absolute Gasteiger partial charge is 0.163 e. The molecule has 24 heavy (non-hydrogen) atoms. The number of benzene rings is 1. The summed E-state index contributed by atoms with van der Waals surface area (Å²) in [5, 5.41) is 11.5. The maximum atomic E-state index is 14.6. The Morgan fingerprint density at radius 3 is 2.38 bits per heavy atom. The van der Waals surface area contributed by atoms with Gasteiger partial charge >= 0.3 is 0 Å². The van der Waals surface area contributed by atoms with Crippen molar-refractivity contribution in [3.63, 3.8) is 0 Å². The third kappa shape index (κ3) is 3.78. The molecule has 1 aromatic heterocycles. The quantitative estimate of drug-likeness (QED) is 0.896. The normalized spacial score (nSPS) is 15.8. The molecular weight excluding hydrogens is 310 g/mol. The van der Waals surface area contributed by atoms with Crippen LogP contribution in [0.3, 0.4) is 0 Å². The first-order valence-corrected chi connectivity index (χ1v) is 7.99. The first kappa shape index (κ1) is 18.5. The number of halogens is 2. The van der Waals surface area contributed by atoms with Gasteiger partial charge in [0, 0.05) is 11.5 Å². The molecule has 1 aromatic carbocycles. The van der Waals surface area contributed by atoms with Crippen molar-refractivity contribution in [2.75, 3.05) is 0 Å². The Morgan fingerprint density at radius 2 is 1.83 bits per heavy atom.